The highest BCUT2D eigenvalue weighted by Gasteiger charge is 2.50. The van der Waals surface area contributed by atoms with Crippen molar-refractivity contribution < 1.29 is 58.2 Å². The minimum Gasteiger partial charge on any atom is -0.479 e. The number of rotatable bonds is 45. The molecule has 1 rings (SSSR count). The van der Waals surface area contributed by atoms with Crippen molar-refractivity contribution in [2.75, 3.05) is 13.2 Å². The third-order valence-corrected chi connectivity index (χ3v) is 11.9. The van der Waals surface area contributed by atoms with Crippen LogP contribution in [0.2, 0.25) is 0 Å². The molecule has 12 heteroatoms. The molecule has 1 aliphatic rings. The average Bonchev–Trinajstić information content (AvgIpc) is 3.37. The van der Waals surface area contributed by atoms with Gasteiger partial charge in [0.25, 0.3) is 0 Å². The highest BCUT2D eigenvalue weighted by atomic mass is 16.7. The SMILES string of the molecule is CC/C=C\C/C=C\C/C=C\C/C=C\C/C=C\CCCCCC(=O)OC1C(OCC(COC(=O)CC/C=C\C/C=C\C/C=C\C/C=C\CC)OC(=O)CCCCCCCCCCCCC)OC(C(=O)O)C(O)C1O. The second kappa shape index (κ2) is 48.3. The van der Waals surface area contributed by atoms with Crippen molar-refractivity contribution in [1.29, 1.82) is 0 Å². The first-order valence-electron chi connectivity index (χ1n) is 27.9. The van der Waals surface area contributed by atoms with Crippen LogP contribution in [0.15, 0.2) is 109 Å². The lowest BCUT2D eigenvalue weighted by Crippen LogP contribution is -2.61. The van der Waals surface area contributed by atoms with Crippen LogP contribution in [-0.4, -0.2) is 89.2 Å². The number of allylic oxidation sites excluding steroid dienone is 18. The van der Waals surface area contributed by atoms with E-state index in [1.54, 1.807) is 0 Å². The smallest absolute Gasteiger partial charge is 0.335 e. The van der Waals surface area contributed by atoms with Crippen LogP contribution in [0.3, 0.4) is 0 Å². The summed E-state index contributed by atoms with van der Waals surface area (Å²) in [5.74, 6) is -3.28. The molecule has 1 saturated heterocycles. The summed E-state index contributed by atoms with van der Waals surface area (Å²) in [6.07, 6.45) is 52.3. The average molecular weight is 1020 g/mol. The Morgan fingerprint density at radius 2 is 0.890 bits per heavy atom. The van der Waals surface area contributed by atoms with Gasteiger partial charge in [0.2, 0.25) is 0 Å². The predicted octanol–water partition coefficient (Wildman–Crippen LogP) is 13.9. The molecule has 0 amide bonds. The number of carboxylic acid groups (broad SMARTS) is 1. The summed E-state index contributed by atoms with van der Waals surface area (Å²) < 4.78 is 28.2. The van der Waals surface area contributed by atoms with Gasteiger partial charge in [-0.25, -0.2) is 4.79 Å². The van der Waals surface area contributed by atoms with Crippen molar-refractivity contribution in [1.82, 2.24) is 0 Å². The monoisotopic (exact) mass is 1020 g/mol. The predicted molar refractivity (Wildman–Crippen MR) is 294 cm³/mol. The number of carboxylic acids is 1. The number of hydrogen-bond donors (Lipinski definition) is 3. The Labute approximate surface area is 440 Å². The molecule has 0 bridgehead atoms. The Bertz CT molecular complexity index is 1690. The van der Waals surface area contributed by atoms with Crippen LogP contribution in [0.1, 0.15) is 201 Å². The van der Waals surface area contributed by atoms with E-state index in [1.165, 1.54) is 44.9 Å². The largest absolute Gasteiger partial charge is 0.479 e. The molecule has 73 heavy (non-hydrogen) atoms. The molecule has 0 aromatic carbocycles. The van der Waals surface area contributed by atoms with E-state index in [0.29, 0.717) is 19.3 Å². The number of carbonyl (C=O) groups is 4. The number of unbranched alkanes of at least 4 members (excludes halogenated alkanes) is 13. The first kappa shape index (κ1) is 66.4. The third-order valence-electron chi connectivity index (χ3n) is 11.9. The van der Waals surface area contributed by atoms with Gasteiger partial charge in [0.05, 0.1) is 6.61 Å². The Kier molecular flexibility index (Phi) is 44.0. The van der Waals surface area contributed by atoms with Crippen LogP contribution in [0.25, 0.3) is 0 Å². The third kappa shape index (κ3) is 38.6. The molecule has 0 aliphatic carbocycles. The molecule has 0 saturated carbocycles. The van der Waals surface area contributed by atoms with Crippen LogP contribution in [0, 0.1) is 0 Å². The van der Waals surface area contributed by atoms with Crippen molar-refractivity contribution in [2.24, 2.45) is 0 Å². The van der Waals surface area contributed by atoms with E-state index in [1.807, 2.05) is 12.2 Å². The second-order valence-corrected chi connectivity index (χ2v) is 18.5. The molecular formula is C61H96O12. The number of aliphatic hydroxyl groups excluding tert-OH is 2. The quantitative estimate of drug-likeness (QED) is 0.0228. The van der Waals surface area contributed by atoms with Gasteiger partial charge in [-0.1, -0.05) is 201 Å². The summed E-state index contributed by atoms with van der Waals surface area (Å²) >= 11 is 0. The van der Waals surface area contributed by atoms with Crippen molar-refractivity contribution in [3.8, 4) is 0 Å². The summed E-state index contributed by atoms with van der Waals surface area (Å²) in [4.78, 5) is 50.9. The summed E-state index contributed by atoms with van der Waals surface area (Å²) in [6.45, 7) is 5.65. The molecule has 12 nitrogen and oxygen atoms in total. The van der Waals surface area contributed by atoms with Crippen LogP contribution in [0.4, 0.5) is 0 Å². The number of aliphatic hydroxyl groups is 2. The number of ether oxygens (including phenoxy) is 5. The number of hydrogen-bond acceptors (Lipinski definition) is 11. The fourth-order valence-electron chi connectivity index (χ4n) is 7.64. The summed E-state index contributed by atoms with van der Waals surface area (Å²) in [5.41, 5.74) is 0. The molecule has 0 radical (unpaired) electrons. The lowest BCUT2D eigenvalue weighted by atomic mass is 9.98. The second-order valence-electron chi connectivity index (χ2n) is 18.5. The summed E-state index contributed by atoms with van der Waals surface area (Å²) in [7, 11) is 0. The van der Waals surface area contributed by atoms with E-state index in [4.69, 9.17) is 23.7 Å². The zero-order valence-electron chi connectivity index (χ0n) is 45.1. The highest BCUT2D eigenvalue weighted by Crippen LogP contribution is 2.26. The lowest BCUT2D eigenvalue weighted by molar-refractivity contribution is -0.301. The molecule has 0 aromatic rings. The van der Waals surface area contributed by atoms with E-state index in [0.717, 1.165) is 96.3 Å². The Balaban J connectivity index is 2.75. The van der Waals surface area contributed by atoms with Crippen molar-refractivity contribution in [2.45, 2.75) is 237 Å². The van der Waals surface area contributed by atoms with Crippen LogP contribution < -0.4 is 0 Å². The van der Waals surface area contributed by atoms with E-state index < -0.39 is 67.3 Å². The van der Waals surface area contributed by atoms with E-state index >= 15 is 0 Å². The van der Waals surface area contributed by atoms with Gasteiger partial charge in [0.1, 0.15) is 18.8 Å². The van der Waals surface area contributed by atoms with Crippen molar-refractivity contribution in [3.63, 3.8) is 0 Å². The Hall–Kier alpha value is -4.62. The molecule has 0 spiro atoms. The van der Waals surface area contributed by atoms with Gasteiger partial charge in [-0.2, -0.15) is 0 Å². The van der Waals surface area contributed by atoms with E-state index in [-0.39, 0.29) is 25.9 Å². The summed E-state index contributed by atoms with van der Waals surface area (Å²) in [5, 5.41) is 31.4. The van der Waals surface area contributed by atoms with Gasteiger partial charge in [-0.3, -0.25) is 14.4 Å². The van der Waals surface area contributed by atoms with Crippen molar-refractivity contribution in [3.05, 3.63) is 109 Å². The highest BCUT2D eigenvalue weighted by molar-refractivity contribution is 5.74. The maximum Gasteiger partial charge on any atom is 0.335 e. The molecular weight excluding hydrogens is 925 g/mol. The lowest BCUT2D eigenvalue weighted by Gasteiger charge is -2.40. The van der Waals surface area contributed by atoms with Gasteiger partial charge in [-0.15, -0.1) is 0 Å². The molecule has 1 aliphatic heterocycles. The van der Waals surface area contributed by atoms with Gasteiger partial charge < -0.3 is 39.0 Å². The van der Waals surface area contributed by atoms with E-state index in [9.17, 15) is 34.5 Å². The Morgan fingerprint density at radius 1 is 0.466 bits per heavy atom. The normalized spacial score (nSPS) is 19.2. The van der Waals surface area contributed by atoms with Crippen molar-refractivity contribution >= 4 is 23.9 Å². The first-order valence-corrected chi connectivity index (χ1v) is 27.9. The topological polar surface area (TPSA) is 175 Å². The van der Waals surface area contributed by atoms with Gasteiger partial charge >= 0.3 is 23.9 Å². The van der Waals surface area contributed by atoms with E-state index in [2.05, 4.69) is 118 Å². The fraction of sp³-hybridized carbons (Fsp3) is 0.639. The van der Waals surface area contributed by atoms with Crippen LogP contribution in [-0.2, 0) is 42.9 Å². The molecule has 1 heterocycles. The molecule has 412 valence electrons. The number of esters is 3. The Morgan fingerprint density at radius 3 is 1.37 bits per heavy atom. The standard InChI is InChI=1S/C61H96O12/c1-4-7-10-13-16-19-22-24-25-26-27-28-29-31-34-37-40-43-46-49-55(64)72-59-57(66)56(65)58(60(67)68)73-61(59)70-51-52(71-54(63)48-45-42-39-36-32-21-18-15-12-9-6-3)50-69-53(62)47-44-41-38-35-33-30-23-20-17-14-11-8-5-2/h7-8,10-11,16-17,19-20,24-25,27-28,30-31,33-34,38,41,52,56-59,61,65-66H,4-6,9,12-15,18,21-23,26,29,32,35-37,39-40,42-51H2,1-3H3,(H,67,68)/b10-7-,11-8-,19-16-,20-17-,25-24-,28-27-,33-30-,34-31-,41-38-. The zero-order valence-corrected chi connectivity index (χ0v) is 45.1. The maximum atomic E-state index is 13.1. The number of carbonyl (C=O) groups excluding carboxylic acids is 3. The van der Waals surface area contributed by atoms with Crippen LogP contribution in [0.5, 0.6) is 0 Å². The van der Waals surface area contributed by atoms with Gasteiger partial charge in [-0.05, 0) is 89.9 Å². The molecule has 0 aromatic heterocycles. The fourth-order valence-corrected chi connectivity index (χ4v) is 7.64. The minimum absolute atomic E-state index is 0.0101. The maximum absolute atomic E-state index is 13.1. The summed E-state index contributed by atoms with van der Waals surface area (Å²) in [6, 6.07) is 0. The van der Waals surface area contributed by atoms with Gasteiger partial charge in [0, 0.05) is 19.3 Å². The molecule has 3 N–H and O–H groups in total. The minimum atomic E-state index is -1.93. The molecule has 6 unspecified atom stereocenters. The molecule has 1 fully saturated rings. The van der Waals surface area contributed by atoms with Gasteiger partial charge in [0.15, 0.2) is 24.6 Å². The van der Waals surface area contributed by atoms with Crippen LogP contribution >= 0.6 is 0 Å². The zero-order chi connectivity index (χ0) is 53.3. The number of aliphatic carboxylic acids is 1. The molecule has 6 atom stereocenters. The first-order chi connectivity index (χ1) is 35.6.